The van der Waals surface area contributed by atoms with E-state index in [4.69, 9.17) is 0 Å². The number of hydrogen-bond donors (Lipinski definition) is 1. The highest BCUT2D eigenvalue weighted by molar-refractivity contribution is 9.11. The first-order chi connectivity index (χ1) is 8.05. The van der Waals surface area contributed by atoms with Gasteiger partial charge < -0.3 is 5.11 Å². The van der Waals surface area contributed by atoms with E-state index >= 15 is 0 Å². The average Bonchev–Trinajstić information content (AvgIpc) is 2.31. The predicted octanol–water partition coefficient (Wildman–Crippen LogP) is 4.01. The molecule has 88 valence electrons. The fourth-order valence-electron chi connectivity index (χ4n) is 1.82. The van der Waals surface area contributed by atoms with E-state index in [1.54, 1.807) is 0 Å². The van der Waals surface area contributed by atoms with Crippen molar-refractivity contribution >= 4 is 43.4 Å². The molecular weight excluding hydrogens is 348 g/mol. The first-order valence-electron chi connectivity index (χ1n) is 5.10. The number of allylic oxidation sites excluding steroid dienone is 3. The van der Waals surface area contributed by atoms with Gasteiger partial charge >= 0.3 is 5.97 Å². The van der Waals surface area contributed by atoms with E-state index in [2.05, 4.69) is 31.9 Å². The zero-order chi connectivity index (χ0) is 12.5. The van der Waals surface area contributed by atoms with Crippen molar-refractivity contribution in [3.8, 4) is 0 Å². The Labute approximate surface area is 116 Å². The van der Waals surface area contributed by atoms with Crippen LogP contribution < -0.4 is 0 Å². The van der Waals surface area contributed by atoms with Gasteiger partial charge in [-0.3, -0.25) is 4.79 Å². The fraction of sp³-hybridized carbons (Fsp3) is 0.154. The highest BCUT2D eigenvalue weighted by atomic mass is 79.9. The molecule has 4 heteroatoms. The molecule has 0 spiro atoms. The molecule has 0 heterocycles. The predicted molar refractivity (Wildman–Crippen MR) is 75.2 cm³/mol. The van der Waals surface area contributed by atoms with Crippen molar-refractivity contribution in [2.75, 3.05) is 0 Å². The van der Waals surface area contributed by atoms with Gasteiger partial charge in [-0.05, 0) is 23.6 Å². The first-order valence-corrected chi connectivity index (χ1v) is 6.69. The smallest absolute Gasteiger partial charge is 0.325 e. The quantitative estimate of drug-likeness (QED) is 0.812. The van der Waals surface area contributed by atoms with E-state index in [1.165, 1.54) is 0 Å². The summed E-state index contributed by atoms with van der Waals surface area (Å²) in [7, 11) is 0. The van der Waals surface area contributed by atoms with Gasteiger partial charge in [0.1, 0.15) is 0 Å². The van der Waals surface area contributed by atoms with Gasteiger partial charge in [0.05, 0.1) is 0 Å². The number of carboxylic acids is 1. The lowest BCUT2D eigenvalue weighted by atomic mass is 9.86. The Morgan fingerprint density at radius 2 is 2.06 bits per heavy atom. The second kappa shape index (κ2) is 4.78. The maximum absolute atomic E-state index is 11.4. The molecule has 1 aromatic carbocycles. The Kier molecular flexibility index (Phi) is 3.54. The van der Waals surface area contributed by atoms with Gasteiger partial charge in [0, 0.05) is 4.47 Å². The Balaban J connectivity index is 2.56. The first kappa shape index (κ1) is 12.6. The number of benzene rings is 1. The summed E-state index contributed by atoms with van der Waals surface area (Å²) in [6.45, 7) is 0. The number of halogens is 2. The fourth-order valence-corrected chi connectivity index (χ4v) is 2.85. The molecule has 0 aliphatic heterocycles. The van der Waals surface area contributed by atoms with Crippen LogP contribution in [0.3, 0.4) is 0 Å². The summed E-state index contributed by atoms with van der Waals surface area (Å²) in [6, 6.07) is 7.62. The third-order valence-electron chi connectivity index (χ3n) is 2.73. The maximum Gasteiger partial charge on any atom is 0.325 e. The van der Waals surface area contributed by atoms with Crippen LogP contribution in [0.4, 0.5) is 0 Å². The summed E-state index contributed by atoms with van der Waals surface area (Å²) in [5, 5.41) is 9.38. The highest BCUT2D eigenvalue weighted by Crippen LogP contribution is 2.42. The molecule has 1 atom stereocenters. The van der Waals surface area contributed by atoms with E-state index in [0.717, 1.165) is 15.6 Å². The molecule has 1 aromatic rings. The molecule has 0 saturated heterocycles. The molecule has 0 aromatic heterocycles. The van der Waals surface area contributed by atoms with Gasteiger partial charge in [-0.2, -0.15) is 0 Å². The van der Waals surface area contributed by atoms with E-state index in [0.29, 0.717) is 6.42 Å². The van der Waals surface area contributed by atoms with E-state index < -0.39 is 10.3 Å². The van der Waals surface area contributed by atoms with E-state index in [1.807, 2.05) is 42.5 Å². The number of carboxylic acid groups (broad SMARTS) is 1. The lowest BCUT2D eigenvalue weighted by molar-refractivity contribution is -0.137. The van der Waals surface area contributed by atoms with Crippen molar-refractivity contribution in [3.05, 3.63) is 52.5 Å². The normalized spacial score (nSPS) is 23.3. The van der Waals surface area contributed by atoms with Crippen LogP contribution in [0, 0.1) is 0 Å². The molecule has 2 rings (SSSR count). The van der Waals surface area contributed by atoms with Gasteiger partial charge in [0.15, 0.2) is 4.32 Å². The topological polar surface area (TPSA) is 37.3 Å². The van der Waals surface area contributed by atoms with Gasteiger partial charge in [-0.15, -0.1) is 0 Å². The third-order valence-corrected chi connectivity index (χ3v) is 4.51. The largest absolute Gasteiger partial charge is 0.480 e. The zero-order valence-corrected chi connectivity index (χ0v) is 12.0. The van der Waals surface area contributed by atoms with Crippen molar-refractivity contribution in [2.24, 2.45) is 0 Å². The Morgan fingerprint density at radius 1 is 1.35 bits per heavy atom. The van der Waals surface area contributed by atoms with Crippen LogP contribution in [-0.4, -0.2) is 15.4 Å². The van der Waals surface area contributed by atoms with Crippen molar-refractivity contribution in [3.63, 3.8) is 0 Å². The van der Waals surface area contributed by atoms with Crippen LogP contribution in [0.5, 0.6) is 0 Å². The number of alkyl halides is 1. The monoisotopic (exact) mass is 356 g/mol. The van der Waals surface area contributed by atoms with Crippen molar-refractivity contribution in [1.82, 2.24) is 0 Å². The molecule has 1 N–H and O–H groups in total. The van der Waals surface area contributed by atoms with Crippen molar-refractivity contribution in [1.29, 1.82) is 0 Å². The number of rotatable bonds is 2. The molecule has 1 aliphatic rings. The van der Waals surface area contributed by atoms with E-state index in [-0.39, 0.29) is 0 Å². The number of carbonyl (C=O) groups is 1. The zero-order valence-electron chi connectivity index (χ0n) is 8.86. The summed E-state index contributed by atoms with van der Waals surface area (Å²) in [4.78, 5) is 11.4. The Morgan fingerprint density at radius 3 is 2.71 bits per heavy atom. The molecule has 1 aliphatic carbocycles. The van der Waals surface area contributed by atoms with E-state index in [9.17, 15) is 9.90 Å². The minimum absolute atomic E-state index is 0.440. The Bertz CT molecular complexity index is 520. The molecule has 1 unspecified atom stereocenters. The van der Waals surface area contributed by atoms with Crippen LogP contribution in [0.2, 0.25) is 0 Å². The summed E-state index contributed by atoms with van der Waals surface area (Å²) in [5.74, 6) is -0.871. The van der Waals surface area contributed by atoms with Crippen LogP contribution in [0.15, 0.2) is 47.0 Å². The molecule has 0 radical (unpaired) electrons. The van der Waals surface area contributed by atoms with Gasteiger partial charge in [-0.1, -0.05) is 68.3 Å². The van der Waals surface area contributed by atoms with Crippen LogP contribution in [-0.2, 0) is 4.79 Å². The standard InChI is InChI=1S/C13H10Br2O2/c14-11-7-2-1-5-9(11)10-6-3-4-8-13(10,15)12(16)17/h1-7H,8H2,(H,16,17). The minimum atomic E-state index is -1.04. The van der Waals surface area contributed by atoms with Crippen molar-refractivity contribution < 1.29 is 9.90 Å². The lowest BCUT2D eigenvalue weighted by Crippen LogP contribution is -2.33. The number of hydrogen-bond acceptors (Lipinski definition) is 1. The average molecular weight is 358 g/mol. The summed E-state index contributed by atoms with van der Waals surface area (Å²) < 4.78 is -0.141. The molecule has 0 amide bonds. The van der Waals surface area contributed by atoms with Crippen LogP contribution >= 0.6 is 31.9 Å². The molecule has 0 fully saturated rings. The summed E-state index contributed by atoms with van der Waals surface area (Å²) >= 11 is 6.81. The van der Waals surface area contributed by atoms with Gasteiger partial charge in [0.25, 0.3) is 0 Å². The SMILES string of the molecule is O=C(O)C1(Br)CC=CC=C1c1ccccc1Br. The summed E-state index contributed by atoms with van der Waals surface area (Å²) in [6.07, 6.45) is 6.02. The number of aliphatic carboxylic acids is 1. The molecule has 17 heavy (non-hydrogen) atoms. The maximum atomic E-state index is 11.4. The highest BCUT2D eigenvalue weighted by Gasteiger charge is 2.40. The Hall–Kier alpha value is -0.870. The second-order valence-electron chi connectivity index (χ2n) is 3.80. The lowest BCUT2D eigenvalue weighted by Gasteiger charge is -2.27. The van der Waals surface area contributed by atoms with Crippen LogP contribution in [0.1, 0.15) is 12.0 Å². The molecule has 0 bridgehead atoms. The molecule has 0 saturated carbocycles. The minimum Gasteiger partial charge on any atom is -0.480 e. The summed E-state index contributed by atoms with van der Waals surface area (Å²) in [5.41, 5.74) is 1.66. The second-order valence-corrected chi connectivity index (χ2v) is 6.01. The van der Waals surface area contributed by atoms with Crippen LogP contribution in [0.25, 0.3) is 5.57 Å². The third kappa shape index (κ3) is 2.24. The van der Waals surface area contributed by atoms with Crippen molar-refractivity contribution in [2.45, 2.75) is 10.7 Å². The molecule has 2 nitrogen and oxygen atoms in total. The molecular formula is C13H10Br2O2. The van der Waals surface area contributed by atoms with Gasteiger partial charge in [-0.25, -0.2) is 0 Å². The van der Waals surface area contributed by atoms with Gasteiger partial charge in [0.2, 0.25) is 0 Å².